The smallest absolute Gasteiger partial charge is 0.364 e. The third kappa shape index (κ3) is 4.35. The van der Waals surface area contributed by atoms with Crippen molar-refractivity contribution in [3.63, 3.8) is 0 Å². The van der Waals surface area contributed by atoms with Crippen LogP contribution < -0.4 is 9.47 Å². The average Bonchev–Trinajstić information content (AvgIpc) is 3.11. The fourth-order valence-electron chi connectivity index (χ4n) is 2.50. The lowest BCUT2D eigenvalue weighted by Crippen LogP contribution is -2.09. The highest BCUT2D eigenvalue weighted by Crippen LogP contribution is 2.26. The standard InChI is InChI=1S/C20H19N3O5/c1-3-27-20(25)18-19(28-17-6-4-5-15(11-17)13-24)23(22-21-18)12-14-7-9-16(26-2)10-8-14/h4-11,13H,3,12H2,1-2H3. The van der Waals surface area contributed by atoms with Gasteiger partial charge < -0.3 is 14.2 Å². The van der Waals surface area contributed by atoms with E-state index in [0.717, 1.165) is 11.3 Å². The number of carbonyl (C=O) groups excluding carboxylic acids is 2. The van der Waals surface area contributed by atoms with Gasteiger partial charge in [-0.2, -0.15) is 0 Å². The van der Waals surface area contributed by atoms with Crippen LogP contribution in [0.4, 0.5) is 0 Å². The van der Waals surface area contributed by atoms with Crippen molar-refractivity contribution in [2.45, 2.75) is 13.5 Å². The maximum atomic E-state index is 12.2. The lowest BCUT2D eigenvalue weighted by Gasteiger charge is -2.10. The minimum Gasteiger partial charge on any atom is -0.497 e. The first kappa shape index (κ1) is 19.1. The number of aromatic nitrogens is 3. The topological polar surface area (TPSA) is 92.5 Å². The minimum absolute atomic E-state index is 0.0353. The molecule has 8 heteroatoms. The number of carbonyl (C=O) groups is 2. The van der Waals surface area contributed by atoms with Gasteiger partial charge in [0.25, 0.3) is 5.88 Å². The van der Waals surface area contributed by atoms with Crippen LogP contribution in [0.3, 0.4) is 0 Å². The first-order valence-corrected chi connectivity index (χ1v) is 8.61. The number of methoxy groups -OCH3 is 1. The number of esters is 1. The van der Waals surface area contributed by atoms with E-state index in [1.807, 2.05) is 24.3 Å². The van der Waals surface area contributed by atoms with Gasteiger partial charge in [-0.15, -0.1) is 5.10 Å². The van der Waals surface area contributed by atoms with Gasteiger partial charge in [0.15, 0.2) is 0 Å². The average molecular weight is 381 g/mol. The fourth-order valence-corrected chi connectivity index (χ4v) is 2.50. The summed E-state index contributed by atoms with van der Waals surface area (Å²) in [5.74, 6) is 0.618. The lowest BCUT2D eigenvalue weighted by atomic mass is 10.2. The molecule has 144 valence electrons. The van der Waals surface area contributed by atoms with E-state index < -0.39 is 5.97 Å². The molecule has 0 atom stereocenters. The minimum atomic E-state index is -0.634. The van der Waals surface area contributed by atoms with E-state index in [-0.39, 0.29) is 18.2 Å². The maximum Gasteiger partial charge on any atom is 0.364 e. The summed E-state index contributed by atoms with van der Waals surface area (Å²) in [6.45, 7) is 2.22. The normalized spacial score (nSPS) is 10.4. The summed E-state index contributed by atoms with van der Waals surface area (Å²) in [5, 5.41) is 7.96. The van der Waals surface area contributed by atoms with Crippen molar-refractivity contribution in [3.05, 3.63) is 65.4 Å². The van der Waals surface area contributed by atoms with Gasteiger partial charge in [0.2, 0.25) is 5.69 Å². The highest BCUT2D eigenvalue weighted by atomic mass is 16.5. The molecule has 0 unspecified atom stereocenters. The van der Waals surface area contributed by atoms with Gasteiger partial charge in [-0.3, -0.25) is 4.79 Å². The van der Waals surface area contributed by atoms with E-state index in [4.69, 9.17) is 14.2 Å². The summed E-state index contributed by atoms with van der Waals surface area (Å²) in [6, 6.07) is 14.0. The van der Waals surface area contributed by atoms with E-state index in [1.165, 1.54) is 4.68 Å². The highest BCUT2D eigenvalue weighted by Gasteiger charge is 2.23. The molecule has 0 N–H and O–H groups in total. The molecule has 0 radical (unpaired) electrons. The molecule has 0 aliphatic rings. The molecule has 0 amide bonds. The Balaban J connectivity index is 1.94. The van der Waals surface area contributed by atoms with Gasteiger partial charge in [-0.1, -0.05) is 29.5 Å². The van der Waals surface area contributed by atoms with E-state index in [2.05, 4.69) is 10.3 Å². The number of rotatable bonds is 8. The molecular formula is C20H19N3O5. The molecule has 28 heavy (non-hydrogen) atoms. The van der Waals surface area contributed by atoms with Gasteiger partial charge in [-0.25, -0.2) is 9.48 Å². The fraction of sp³-hybridized carbons (Fsp3) is 0.200. The lowest BCUT2D eigenvalue weighted by molar-refractivity contribution is 0.0516. The van der Waals surface area contributed by atoms with Crippen LogP contribution in [0.1, 0.15) is 33.3 Å². The number of hydrogen-bond acceptors (Lipinski definition) is 7. The highest BCUT2D eigenvalue weighted by molar-refractivity contribution is 5.89. The molecular weight excluding hydrogens is 362 g/mol. The third-order valence-corrected chi connectivity index (χ3v) is 3.86. The quantitative estimate of drug-likeness (QED) is 0.437. The van der Waals surface area contributed by atoms with Gasteiger partial charge in [0.1, 0.15) is 17.8 Å². The van der Waals surface area contributed by atoms with E-state index in [0.29, 0.717) is 24.1 Å². The van der Waals surface area contributed by atoms with Crippen LogP contribution in [0.15, 0.2) is 48.5 Å². The second kappa shape index (κ2) is 8.81. The Labute approximate surface area is 161 Å². The van der Waals surface area contributed by atoms with Crippen LogP contribution in [-0.2, 0) is 11.3 Å². The van der Waals surface area contributed by atoms with E-state index in [1.54, 1.807) is 38.3 Å². The van der Waals surface area contributed by atoms with Crippen molar-refractivity contribution < 1.29 is 23.8 Å². The molecule has 0 saturated carbocycles. The Kier molecular flexibility index (Phi) is 6.01. The Bertz CT molecular complexity index is 966. The van der Waals surface area contributed by atoms with Crippen molar-refractivity contribution in [1.29, 1.82) is 0 Å². The van der Waals surface area contributed by atoms with Crippen molar-refractivity contribution in [2.75, 3.05) is 13.7 Å². The molecule has 0 aliphatic carbocycles. The summed E-state index contributed by atoms with van der Waals surface area (Å²) in [7, 11) is 1.59. The largest absolute Gasteiger partial charge is 0.497 e. The third-order valence-electron chi connectivity index (χ3n) is 3.86. The molecule has 0 saturated heterocycles. The second-order valence-corrected chi connectivity index (χ2v) is 5.76. The first-order valence-electron chi connectivity index (χ1n) is 8.61. The van der Waals surface area contributed by atoms with E-state index >= 15 is 0 Å². The summed E-state index contributed by atoms with van der Waals surface area (Å²) < 4.78 is 17.5. The molecule has 0 bridgehead atoms. The molecule has 0 aliphatic heterocycles. The van der Waals surface area contributed by atoms with Crippen LogP contribution in [0.2, 0.25) is 0 Å². The summed E-state index contributed by atoms with van der Waals surface area (Å²) in [5.41, 5.74) is 1.32. The van der Waals surface area contributed by atoms with Crippen molar-refractivity contribution in [3.8, 4) is 17.4 Å². The predicted octanol–water partition coefficient (Wildman–Crippen LogP) is 3.12. The molecule has 8 nitrogen and oxygen atoms in total. The number of hydrogen-bond donors (Lipinski definition) is 0. The van der Waals surface area contributed by atoms with Crippen LogP contribution in [0, 0.1) is 0 Å². The van der Waals surface area contributed by atoms with Crippen molar-refractivity contribution >= 4 is 12.3 Å². The zero-order valence-corrected chi connectivity index (χ0v) is 15.5. The van der Waals surface area contributed by atoms with Gasteiger partial charge in [-0.05, 0) is 36.8 Å². The molecule has 0 spiro atoms. The van der Waals surface area contributed by atoms with E-state index in [9.17, 15) is 9.59 Å². The Morgan fingerprint density at radius 3 is 2.61 bits per heavy atom. The van der Waals surface area contributed by atoms with Crippen LogP contribution in [0.25, 0.3) is 0 Å². The van der Waals surface area contributed by atoms with Gasteiger partial charge >= 0.3 is 5.97 Å². The predicted molar refractivity (Wildman–Crippen MR) is 100.0 cm³/mol. The maximum absolute atomic E-state index is 12.2. The second-order valence-electron chi connectivity index (χ2n) is 5.76. The van der Waals surface area contributed by atoms with Gasteiger partial charge in [0.05, 0.1) is 20.3 Å². The monoisotopic (exact) mass is 381 g/mol. The van der Waals surface area contributed by atoms with Crippen LogP contribution >= 0.6 is 0 Å². The number of aldehydes is 1. The molecule has 3 aromatic rings. The van der Waals surface area contributed by atoms with Gasteiger partial charge in [0, 0.05) is 5.56 Å². The van der Waals surface area contributed by atoms with Crippen molar-refractivity contribution in [1.82, 2.24) is 15.0 Å². The number of ether oxygens (including phenoxy) is 3. The Morgan fingerprint density at radius 1 is 1.14 bits per heavy atom. The summed E-state index contributed by atoms with van der Waals surface area (Å²) in [6.07, 6.45) is 0.714. The van der Waals surface area contributed by atoms with Crippen LogP contribution in [0.5, 0.6) is 17.4 Å². The zero-order valence-electron chi connectivity index (χ0n) is 15.5. The Hall–Kier alpha value is -3.68. The SMILES string of the molecule is CCOC(=O)c1nnn(Cc2ccc(OC)cc2)c1Oc1cccc(C=O)c1. The summed E-state index contributed by atoms with van der Waals surface area (Å²) >= 11 is 0. The molecule has 1 heterocycles. The zero-order chi connectivity index (χ0) is 19.9. The molecule has 1 aromatic heterocycles. The molecule has 3 rings (SSSR count). The Morgan fingerprint density at radius 2 is 1.93 bits per heavy atom. The first-order chi connectivity index (χ1) is 13.6. The molecule has 0 fully saturated rings. The molecule has 2 aromatic carbocycles. The number of nitrogens with zero attached hydrogens (tertiary/aromatic N) is 3. The number of benzene rings is 2. The van der Waals surface area contributed by atoms with Crippen LogP contribution in [-0.4, -0.2) is 41.0 Å². The van der Waals surface area contributed by atoms with Crippen molar-refractivity contribution in [2.24, 2.45) is 0 Å². The summed E-state index contributed by atoms with van der Waals surface area (Å²) in [4.78, 5) is 23.2.